The highest BCUT2D eigenvalue weighted by atomic mass is 16.4. The van der Waals surface area contributed by atoms with Crippen molar-refractivity contribution < 1.29 is 9.90 Å². The number of rotatable bonds is 2. The molecule has 2 atom stereocenters. The standard InChI is InChI=1S/C10H15N3O2/c1-6-3-2-4-7-9(8(11)10(14)15)12-5-13(6)7/h5-6,8H,2-4,11H2,1H3,(H,14,15). The first-order valence-corrected chi connectivity index (χ1v) is 5.15. The number of carboxylic acid groups (broad SMARTS) is 1. The molecule has 0 fully saturated rings. The Bertz CT molecular complexity index is 386. The van der Waals surface area contributed by atoms with E-state index in [0.717, 1.165) is 25.0 Å². The zero-order chi connectivity index (χ0) is 11.0. The topological polar surface area (TPSA) is 81.1 Å². The lowest BCUT2D eigenvalue weighted by atomic mass is 10.0. The van der Waals surface area contributed by atoms with Crippen LogP contribution < -0.4 is 5.73 Å². The molecular weight excluding hydrogens is 194 g/mol. The van der Waals surface area contributed by atoms with Gasteiger partial charge in [-0.05, 0) is 26.2 Å². The molecular formula is C10H15N3O2. The molecule has 3 N–H and O–H groups in total. The van der Waals surface area contributed by atoms with Crippen LogP contribution in [-0.2, 0) is 11.2 Å². The Labute approximate surface area is 87.9 Å². The molecule has 0 saturated heterocycles. The highest BCUT2D eigenvalue weighted by Gasteiger charge is 2.26. The molecule has 0 spiro atoms. The second-order valence-corrected chi connectivity index (χ2v) is 4.04. The van der Waals surface area contributed by atoms with Crippen LogP contribution in [0.3, 0.4) is 0 Å². The van der Waals surface area contributed by atoms with Crippen LogP contribution in [0.15, 0.2) is 6.33 Å². The molecule has 0 aromatic carbocycles. The highest BCUT2D eigenvalue weighted by molar-refractivity contribution is 5.74. The summed E-state index contributed by atoms with van der Waals surface area (Å²) in [4.78, 5) is 14.9. The third-order valence-corrected chi connectivity index (χ3v) is 3.00. The smallest absolute Gasteiger partial charge is 0.326 e. The van der Waals surface area contributed by atoms with Gasteiger partial charge in [-0.25, -0.2) is 4.98 Å². The molecule has 0 radical (unpaired) electrons. The molecule has 15 heavy (non-hydrogen) atoms. The van der Waals surface area contributed by atoms with Gasteiger partial charge in [0, 0.05) is 11.7 Å². The monoisotopic (exact) mass is 209 g/mol. The molecule has 0 saturated carbocycles. The van der Waals surface area contributed by atoms with Crippen molar-refractivity contribution in [2.75, 3.05) is 0 Å². The summed E-state index contributed by atoms with van der Waals surface area (Å²) in [7, 11) is 0. The molecule has 2 rings (SSSR count). The minimum Gasteiger partial charge on any atom is -0.480 e. The van der Waals surface area contributed by atoms with Crippen LogP contribution in [0.4, 0.5) is 0 Å². The summed E-state index contributed by atoms with van der Waals surface area (Å²) in [6.07, 6.45) is 4.77. The van der Waals surface area contributed by atoms with Crippen molar-refractivity contribution in [3.05, 3.63) is 17.7 Å². The first-order valence-electron chi connectivity index (χ1n) is 5.15. The van der Waals surface area contributed by atoms with E-state index in [1.807, 2.05) is 4.57 Å². The van der Waals surface area contributed by atoms with Gasteiger partial charge in [0.15, 0.2) is 0 Å². The van der Waals surface area contributed by atoms with Gasteiger partial charge in [-0.1, -0.05) is 0 Å². The molecule has 5 heteroatoms. The molecule has 2 unspecified atom stereocenters. The van der Waals surface area contributed by atoms with Gasteiger partial charge in [0.05, 0.1) is 12.0 Å². The maximum Gasteiger partial charge on any atom is 0.326 e. The number of nitrogens with two attached hydrogens (primary N) is 1. The first kappa shape index (κ1) is 10.2. The Morgan fingerprint density at radius 3 is 3.20 bits per heavy atom. The van der Waals surface area contributed by atoms with Gasteiger partial charge < -0.3 is 15.4 Å². The van der Waals surface area contributed by atoms with Gasteiger partial charge in [0.1, 0.15) is 6.04 Å². The number of aliphatic carboxylic acids is 1. The lowest BCUT2D eigenvalue weighted by molar-refractivity contribution is -0.138. The van der Waals surface area contributed by atoms with Crippen LogP contribution >= 0.6 is 0 Å². The Hall–Kier alpha value is -1.36. The summed E-state index contributed by atoms with van der Waals surface area (Å²) >= 11 is 0. The highest BCUT2D eigenvalue weighted by Crippen LogP contribution is 2.28. The van der Waals surface area contributed by atoms with E-state index < -0.39 is 12.0 Å². The summed E-state index contributed by atoms with van der Waals surface area (Å²) in [6, 6.07) is -0.595. The number of carbonyl (C=O) groups is 1. The van der Waals surface area contributed by atoms with Crippen molar-refractivity contribution in [3.63, 3.8) is 0 Å². The van der Waals surface area contributed by atoms with Crippen LogP contribution in [0, 0.1) is 0 Å². The number of hydrogen-bond donors (Lipinski definition) is 2. The van der Waals surface area contributed by atoms with Crippen molar-refractivity contribution in [1.82, 2.24) is 9.55 Å². The first-order chi connectivity index (χ1) is 7.11. The van der Waals surface area contributed by atoms with Crippen molar-refractivity contribution >= 4 is 5.97 Å². The Morgan fingerprint density at radius 2 is 2.53 bits per heavy atom. The number of fused-ring (bicyclic) bond motifs is 1. The number of aromatic nitrogens is 2. The van der Waals surface area contributed by atoms with Crippen LogP contribution in [-0.4, -0.2) is 20.6 Å². The average Bonchev–Trinajstić information content (AvgIpc) is 2.61. The summed E-state index contributed by atoms with van der Waals surface area (Å²) in [5, 5.41) is 8.85. The van der Waals surface area contributed by atoms with Crippen LogP contribution in [0.2, 0.25) is 0 Å². The summed E-state index contributed by atoms with van der Waals surface area (Å²) in [5.41, 5.74) is 7.09. The second kappa shape index (κ2) is 3.66. The SMILES string of the molecule is CC1CCCc2c(C(N)C(=O)O)ncn21. The molecule has 82 valence electrons. The van der Waals surface area contributed by atoms with Gasteiger partial charge >= 0.3 is 5.97 Å². The van der Waals surface area contributed by atoms with Crippen molar-refractivity contribution in [1.29, 1.82) is 0 Å². The molecule has 0 amide bonds. The lowest BCUT2D eigenvalue weighted by Crippen LogP contribution is -2.24. The van der Waals surface area contributed by atoms with Gasteiger partial charge in [0.25, 0.3) is 0 Å². The fourth-order valence-electron chi connectivity index (χ4n) is 2.12. The van der Waals surface area contributed by atoms with Gasteiger partial charge in [-0.2, -0.15) is 0 Å². The number of hydrogen-bond acceptors (Lipinski definition) is 3. The van der Waals surface area contributed by atoms with Gasteiger partial charge in [-0.15, -0.1) is 0 Å². The van der Waals surface area contributed by atoms with Gasteiger partial charge in [-0.3, -0.25) is 4.79 Å². The third-order valence-electron chi connectivity index (χ3n) is 3.00. The van der Waals surface area contributed by atoms with E-state index in [9.17, 15) is 4.79 Å². The summed E-state index contributed by atoms with van der Waals surface area (Å²) in [6.45, 7) is 2.11. The molecule has 2 heterocycles. The van der Waals surface area contributed by atoms with Crippen LogP contribution in [0.25, 0.3) is 0 Å². The van der Waals surface area contributed by atoms with Crippen LogP contribution in [0.5, 0.6) is 0 Å². The van der Waals surface area contributed by atoms with E-state index in [1.54, 1.807) is 6.33 Å². The molecule has 0 aliphatic carbocycles. The van der Waals surface area contributed by atoms with E-state index in [1.165, 1.54) is 0 Å². The Morgan fingerprint density at radius 1 is 1.80 bits per heavy atom. The average molecular weight is 209 g/mol. The zero-order valence-electron chi connectivity index (χ0n) is 8.68. The molecule has 1 aliphatic heterocycles. The number of nitrogens with zero attached hydrogens (tertiary/aromatic N) is 2. The largest absolute Gasteiger partial charge is 0.480 e. The third kappa shape index (κ3) is 1.63. The van der Waals surface area contributed by atoms with Crippen molar-refractivity contribution in [3.8, 4) is 0 Å². The van der Waals surface area contributed by atoms with Gasteiger partial charge in [0.2, 0.25) is 0 Å². The zero-order valence-corrected chi connectivity index (χ0v) is 8.68. The molecule has 1 aromatic heterocycles. The predicted molar refractivity (Wildman–Crippen MR) is 54.4 cm³/mol. The van der Waals surface area contributed by atoms with E-state index in [2.05, 4.69) is 11.9 Å². The predicted octanol–water partition coefficient (Wildman–Crippen LogP) is 0.865. The maximum absolute atomic E-state index is 10.8. The maximum atomic E-state index is 10.8. The van der Waals surface area contributed by atoms with Crippen molar-refractivity contribution in [2.45, 2.75) is 38.3 Å². The van der Waals surface area contributed by atoms with E-state index in [0.29, 0.717) is 11.7 Å². The van der Waals surface area contributed by atoms with E-state index in [4.69, 9.17) is 10.8 Å². The quantitative estimate of drug-likeness (QED) is 0.757. The summed E-state index contributed by atoms with van der Waals surface area (Å²) < 4.78 is 2.04. The Kier molecular flexibility index (Phi) is 2.48. The minimum atomic E-state index is -1.02. The Balaban J connectivity index is 2.38. The molecule has 5 nitrogen and oxygen atoms in total. The fourth-order valence-corrected chi connectivity index (χ4v) is 2.12. The second-order valence-electron chi connectivity index (χ2n) is 4.04. The normalized spacial score (nSPS) is 22.1. The van der Waals surface area contributed by atoms with E-state index >= 15 is 0 Å². The lowest BCUT2D eigenvalue weighted by Gasteiger charge is -2.22. The molecule has 1 aromatic rings. The number of carboxylic acids is 1. The fraction of sp³-hybridized carbons (Fsp3) is 0.600. The van der Waals surface area contributed by atoms with Crippen LogP contribution in [0.1, 0.15) is 43.2 Å². The minimum absolute atomic E-state index is 0.399. The van der Waals surface area contributed by atoms with Crippen molar-refractivity contribution in [2.24, 2.45) is 5.73 Å². The molecule has 0 bridgehead atoms. The number of imidazole rings is 1. The molecule has 1 aliphatic rings. The summed E-state index contributed by atoms with van der Waals surface area (Å²) in [5.74, 6) is -1.02. The van der Waals surface area contributed by atoms with E-state index in [-0.39, 0.29) is 0 Å².